The van der Waals surface area contributed by atoms with Gasteiger partial charge in [-0.25, -0.2) is 0 Å². The van der Waals surface area contributed by atoms with E-state index in [0.717, 1.165) is 18.4 Å². The van der Waals surface area contributed by atoms with Gasteiger partial charge in [-0.2, -0.15) is 5.26 Å². The maximum Gasteiger partial charge on any atom is 0.264 e. The monoisotopic (exact) mass is 474 g/mol. The summed E-state index contributed by atoms with van der Waals surface area (Å²) >= 11 is 9.69. The highest BCUT2D eigenvalue weighted by molar-refractivity contribution is 9.10. The van der Waals surface area contributed by atoms with E-state index in [4.69, 9.17) is 21.1 Å². The Kier molecular flexibility index (Phi) is 7.18. The lowest BCUT2D eigenvalue weighted by Crippen LogP contribution is -2.28. The Morgan fingerprint density at radius 3 is 2.69 bits per heavy atom. The van der Waals surface area contributed by atoms with Crippen LogP contribution >= 0.6 is 27.5 Å². The molecule has 150 valence electrons. The number of carbonyl (C=O) groups excluding carboxylic acids is 1. The minimum absolute atomic E-state index is 0.102. The molecule has 0 unspecified atom stereocenters. The number of amides is 1. The van der Waals surface area contributed by atoms with Gasteiger partial charge in [-0.3, -0.25) is 4.79 Å². The summed E-state index contributed by atoms with van der Waals surface area (Å²) in [6.07, 6.45) is 3.52. The number of carbonyl (C=O) groups is 1. The molecular formula is C22H20BrClN2O3. The third kappa shape index (κ3) is 5.11. The number of nitrogens with zero attached hydrogens (tertiary/aromatic N) is 2. The summed E-state index contributed by atoms with van der Waals surface area (Å²) in [5.74, 6) is 0.775. The van der Waals surface area contributed by atoms with Crippen molar-refractivity contribution >= 4 is 39.5 Å². The predicted octanol–water partition coefficient (Wildman–Crippen LogP) is 5.22. The number of hydrogen-bond acceptors (Lipinski definition) is 4. The highest BCUT2D eigenvalue weighted by Gasteiger charge is 2.22. The minimum Gasteiger partial charge on any atom is -0.493 e. The van der Waals surface area contributed by atoms with E-state index in [0.29, 0.717) is 39.6 Å². The Balaban J connectivity index is 1.84. The van der Waals surface area contributed by atoms with Crippen LogP contribution in [0.5, 0.6) is 11.5 Å². The molecule has 0 saturated carbocycles. The largest absolute Gasteiger partial charge is 0.493 e. The molecule has 1 aliphatic heterocycles. The molecule has 29 heavy (non-hydrogen) atoms. The average Bonchev–Trinajstić information content (AvgIpc) is 3.26. The first-order valence-electron chi connectivity index (χ1n) is 9.18. The van der Waals surface area contributed by atoms with E-state index in [-0.39, 0.29) is 18.1 Å². The van der Waals surface area contributed by atoms with Gasteiger partial charge in [0, 0.05) is 23.7 Å². The standard InChI is InChI=1S/C22H20BrClN2O3/c1-28-20-12-15(10-17(13-25)22(27)26-8-4-5-9-26)11-18(23)21(20)29-14-16-6-2-3-7-19(16)24/h2-3,6-7,10-12H,4-5,8-9,14H2,1H3/b17-10+. The molecule has 1 fully saturated rings. The Morgan fingerprint density at radius 1 is 1.31 bits per heavy atom. The van der Waals surface area contributed by atoms with Gasteiger partial charge in [-0.1, -0.05) is 29.8 Å². The van der Waals surface area contributed by atoms with Crippen LogP contribution in [0.2, 0.25) is 5.02 Å². The van der Waals surface area contributed by atoms with Crippen molar-refractivity contribution in [2.75, 3.05) is 20.2 Å². The summed E-state index contributed by atoms with van der Waals surface area (Å²) in [6.45, 7) is 1.67. The summed E-state index contributed by atoms with van der Waals surface area (Å²) in [7, 11) is 1.54. The molecular weight excluding hydrogens is 456 g/mol. The van der Waals surface area contributed by atoms with Crippen molar-refractivity contribution in [2.45, 2.75) is 19.4 Å². The van der Waals surface area contributed by atoms with Crippen LogP contribution in [0, 0.1) is 11.3 Å². The second-order valence-electron chi connectivity index (χ2n) is 6.58. The van der Waals surface area contributed by atoms with Crippen LogP contribution in [-0.2, 0) is 11.4 Å². The average molecular weight is 476 g/mol. The number of rotatable bonds is 6. The fourth-order valence-corrected chi connectivity index (χ4v) is 3.89. The lowest BCUT2D eigenvalue weighted by Gasteiger charge is -2.15. The first-order chi connectivity index (χ1) is 14.0. The molecule has 1 saturated heterocycles. The van der Waals surface area contributed by atoms with Gasteiger partial charge in [0.15, 0.2) is 11.5 Å². The molecule has 7 heteroatoms. The molecule has 2 aromatic rings. The van der Waals surface area contributed by atoms with E-state index in [2.05, 4.69) is 15.9 Å². The highest BCUT2D eigenvalue weighted by Crippen LogP contribution is 2.38. The van der Waals surface area contributed by atoms with Crippen LogP contribution in [0.15, 0.2) is 46.4 Å². The Bertz CT molecular complexity index is 979. The van der Waals surface area contributed by atoms with Gasteiger partial charge in [0.25, 0.3) is 5.91 Å². The lowest BCUT2D eigenvalue weighted by atomic mass is 10.1. The van der Waals surface area contributed by atoms with Crippen molar-refractivity contribution in [1.29, 1.82) is 5.26 Å². The van der Waals surface area contributed by atoms with Gasteiger partial charge >= 0.3 is 0 Å². The molecule has 0 aromatic heterocycles. The molecule has 0 spiro atoms. The summed E-state index contributed by atoms with van der Waals surface area (Å²) in [6, 6.07) is 13.0. The fraction of sp³-hybridized carbons (Fsp3) is 0.273. The zero-order valence-electron chi connectivity index (χ0n) is 16.0. The fourth-order valence-electron chi connectivity index (χ4n) is 3.13. The first kappa shape index (κ1) is 21.2. The van der Waals surface area contributed by atoms with Gasteiger partial charge in [0.05, 0.1) is 11.6 Å². The van der Waals surface area contributed by atoms with E-state index in [1.165, 1.54) is 7.11 Å². The topological polar surface area (TPSA) is 62.6 Å². The summed E-state index contributed by atoms with van der Waals surface area (Å²) in [4.78, 5) is 14.2. The number of ether oxygens (including phenoxy) is 2. The Labute approximate surface area is 183 Å². The van der Waals surface area contributed by atoms with Crippen LogP contribution in [0.3, 0.4) is 0 Å². The summed E-state index contributed by atoms with van der Waals surface area (Å²) in [5.41, 5.74) is 1.63. The quantitative estimate of drug-likeness (QED) is 0.424. The molecule has 2 aromatic carbocycles. The normalized spacial score (nSPS) is 13.9. The van der Waals surface area contributed by atoms with E-state index in [1.54, 1.807) is 29.2 Å². The Morgan fingerprint density at radius 2 is 2.03 bits per heavy atom. The molecule has 1 amide bonds. The van der Waals surface area contributed by atoms with Crippen LogP contribution in [-0.4, -0.2) is 31.0 Å². The van der Waals surface area contributed by atoms with Crippen LogP contribution in [0.4, 0.5) is 0 Å². The molecule has 1 aliphatic rings. The molecule has 0 atom stereocenters. The zero-order chi connectivity index (χ0) is 20.8. The van der Waals surface area contributed by atoms with Gasteiger partial charge in [-0.05, 0) is 58.6 Å². The predicted molar refractivity (Wildman–Crippen MR) is 116 cm³/mol. The lowest BCUT2D eigenvalue weighted by molar-refractivity contribution is -0.125. The molecule has 0 N–H and O–H groups in total. The molecule has 0 aliphatic carbocycles. The molecule has 5 nitrogen and oxygen atoms in total. The van der Waals surface area contributed by atoms with Crippen LogP contribution in [0.25, 0.3) is 6.08 Å². The van der Waals surface area contributed by atoms with Gasteiger partial charge < -0.3 is 14.4 Å². The van der Waals surface area contributed by atoms with Gasteiger partial charge in [0.1, 0.15) is 18.2 Å². The van der Waals surface area contributed by atoms with E-state index < -0.39 is 0 Å². The number of methoxy groups -OCH3 is 1. The van der Waals surface area contributed by atoms with Gasteiger partial charge in [-0.15, -0.1) is 0 Å². The summed E-state index contributed by atoms with van der Waals surface area (Å²) in [5, 5.41) is 10.1. The number of likely N-dealkylation sites (tertiary alicyclic amines) is 1. The number of halogens is 2. The number of nitriles is 1. The molecule has 0 radical (unpaired) electrons. The number of hydrogen-bond donors (Lipinski definition) is 0. The van der Waals surface area contributed by atoms with E-state index >= 15 is 0 Å². The van der Waals surface area contributed by atoms with Crippen molar-refractivity contribution in [2.24, 2.45) is 0 Å². The third-order valence-corrected chi connectivity index (χ3v) is 5.59. The van der Waals surface area contributed by atoms with E-state index in [9.17, 15) is 10.1 Å². The maximum atomic E-state index is 12.5. The smallest absolute Gasteiger partial charge is 0.264 e. The number of benzene rings is 2. The second-order valence-corrected chi connectivity index (χ2v) is 7.84. The maximum absolute atomic E-state index is 12.5. The summed E-state index contributed by atoms with van der Waals surface area (Å²) < 4.78 is 12.0. The van der Waals surface area contributed by atoms with E-state index in [1.807, 2.05) is 24.3 Å². The Hall–Kier alpha value is -2.49. The van der Waals surface area contributed by atoms with Gasteiger partial charge in [0.2, 0.25) is 0 Å². The van der Waals surface area contributed by atoms with Crippen molar-refractivity contribution < 1.29 is 14.3 Å². The highest BCUT2D eigenvalue weighted by atomic mass is 79.9. The van der Waals surface area contributed by atoms with Crippen LogP contribution in [0.1, 0.15) is 24.0 Å². The van der Waals surface area contributed by atoms with Crippen LogP contribution < -0.4 is 9.47 Å². The zero-order valence-corrected chi connectivity index (χ0v) is 18.3. The van der Waals surface area contributed by atoms with Crippen molar-refractivity contribution in [1.82, 2.24) is 4.90 Å². The van der Waals surface area contributed by atoms with Crippen molar-refractivity contribution in [3.8, 4) is 17.6 Å². The molecule has 1 heterocycles. The van der Waals surface area contributed by atoms with Crippen molar-refractivity contribution in [3.63, 3.8) is 0 Å². The molecule has 3 rings (SSSR count). The van der Waals surface area contributed by atoms with Crippen molar-refractivity contribution in [3.05, 3.63) is 62.6 Å². The second kappa shape index (κ2) is 9.82. The minimum atomic E-state index is -0.237. The molecule has 0 bridgehead atoms. The third-order valence-electron chi connectivity index (χ3n) is 4.64. The SMILES string of the molecule is COc1cc(/C=C(\C#N)C(=O)N2CCCC2)cc(Br)c1OCc1ccccc1Cl. The first-order valence-corrected chi connectivity index (χ1v) is 10.4.